The summed E-state index contributed by atoms with van der Waals surface area (Å²) in [5.74, 6) is 1.63. The van der Waals surface area contributed by atoms with Crippen molar-refractivity contribution < 1.29 is 19.0 Å². The van der Waals surface area contributed by atoms with E-state index in [1.165, 1.54) is 32.4 Å². The highest BCUT2D eigenvalue weighted by molar-refractivity contribution is 5.78. The highest BCUT2D eigenvalue weighted by Gasteiger charge is 2.71. The first-order chi connectivity index (χ1) is 14.4. The molecular formula is C25H43NO4. The highest BCUT2D eigenvalue weighted by atomic mass is 16.6. The predicted molar refractivity (Wildman–Crippen MR) is 118 cm³/mol. The van der Waals surface area contributed by atoms with E-state index in [-0.39, 0.29) is 23.2 Å². The molecule has 4 aliphatic rings. The Morgan fingerprint density at radius 3 is 2.63 bits per heavy atom. The molecule has 6 atom stereocenters. The van der Waals surface area contributed by atoms with Gasteiger partial charge in [-0.05, 0) is 83.3 Å². The lowest BCUT2D eigenvalue weighted by Gasteiger charge is -2.43. The van der Waals surface area contributed by atoms with Gasteiger partial charge in [-0.3, -0.25) is 4.79 Å². The number of carbonyl (C=O) groups excluding carboxylic acids is 1. The number of methoxy groups -OCH3 is 1. The molecule has 4 fully saturated rings. The first-order valence-corrected chi connectivity index (χ1v) is 12.5. The summed E-state index contributed by atoms with van der Waals surface area (Å²) in [6.07, 6.45) is 9.71. The van der Waals surface area contributed by atoms with Crippen LogP contribution in [0.4, 0.5) is 0 Å². The number of likely N-dealkylation sites (tertiary alicyclic amines) is 1. The Bertz CT molecular complexity index is 598. The molecule has 4 rings (SSSR count). The van der Waals surface area contributed by atoms with E-state index < -0.39 is 0 Å². The zero-order valence-corrected chi connectivity index (χ0v) is 19.7. The van der Waals surface area contributed by atoms with Gasteiger partial charge in [-0.25, -0.2) is 0 Å². The topological polar surface area (TPSA) is 54.6 Å². The van der Waals surface area contributed by atoms with Crippen molar-refractivity contribution in [2.45, 2.75) is 102 Å². The molecule has 1 aliphatic carbocycles. The van der Waals surface area contributed by atoms with Crippen LogP contribution in [-0.4, -0.2) is 67.4 Å². The summed E-state index contributed by atoms with van der Waals surface area (Å²) in [4.78, 5) is 15.3. The van der Waals surface area contributed by atoms with Crippen molar-refractivity contribution in [3.63, 3.8) is 0 Å². The fraction of sp³-hybridized carbons (Fsp3) is 0.960. The lowest BCUT2D eigenvalue weighted by molar-refractivity contribution is -0.126. The van der Waals surface area contributed by atoms with Crippen LogP contribution in [0, 0.1) is 17.8 Å². The number of ether oxygens (including phenoxy) is 3. The molecule has 30 heavy (non-hydrogen) atoms. The van der Waals surface area contributed by atoms with E-state index in [9.17, 15) is 4.79 Å². The molecule has 1 unspecified atom stereocenters. The van der Waals surface area contributed by atoms with Gasteiger partial charge in [-0.2, -0.15) is 0 Å². The number of rotatable bonds is 11. The molecule has 3 aliphatic heterocycles. The van der Waals surface area contributed by atoms with Crippen molar-refractivity contribution in [1.29, 1.82) is 0 Å². The number of hydrogen-bond acceptors (Lipinski definition) is 5. The van der Waals surface area contributed by atoms with Gasteiger partial charge in [0.05, 0.1) is 24.4 Å². The van der Waals surface area contributed by atoms with Crippen molar-refractivity contribution in [3.8, 4) is 0 Å². The molecule has 3 saturated heterocycles. The molecule has 0 radical (unpaired) electrons. The fourth-order valence-electron chi connectivity index (χ4n) is 6.41. The number of ketones is 1. The zero-order chi connectivity index (χ0) is 21.4. The third-order valence-electron chi connectivity index (χ3n) is 8.31. The van der Waals surface area contributed by atoms with Crippen molar-refractivity contribution in [2.75, 3.05) is 33.4 Å². The zero-order valence-electron chi connectivity index (χ0n) is 19.7. The average molecular weight is 422 g/mol. The Morgan fingerprint density at radius 1 is 1.27 bits per heavy atom. The lowest BCUT2D eigenvalue weighted by atomic mass is 9.64. The molecule has 0 bridgehead atoms. The van der Waals surface area contributed by atoms with Crippen molar-refractivity contribution in [2.24, 2.45) is 17.8 Å². The maximum Gasteiger partial charge on any atom is 0.133 e. The van der Waals surface area contributed by atoms with Crippen LogP contribution < -0.4 is 0 Å². The molecule has 172 valence electrons. The van der Waals surface area contributed by atoms with E-state index >= 15 is 0 Å². The molecule has 0 amide bonds. The van der Waals surface area contributed by atoms with Crippen molar-refractivity contribution in [1.82, 2.24) is 4.90 Å². The van der Waals surface area contributed by atoms with Crippen LogP contribution in [0.5, 0.6) is 0 Å². The summed E-state index contributed by atoms with van der Waals surface area (Å²) >= 11 is 0. The monoisotopic (exact) mass is 421 g/mol. The molecule has 5 nitrogen and oxygen atoms in total. The minimum atomic E-state index is -0.163. The van der Waals surface area contributed by atoms with Crippen LogP contribution in [0.1, 0.15) is 78.6 Å². The van der Waals surface area contributed by atoms with Gasteiger partial charge in [0, 0.05) is 25.9 Å². The third kappa shape index (κ3) is 4.79. The number of carbonyl (C=O) groups is 1. The van der Waals surface area contributed by atoms with E-state index in [2.05, 4.69) is 25.7 Å². The normalized spacial score (nSPS) is 41.0. The number of hydrogen-bond donors (Lipinski definition) is 0. The maximum absolute atomic E-state index is 12.8. The van der Waals surface area contributed by atoms with E-state index in [1.54, 1.807) is 0 Å². The molecule has 0 aromatic rings. The Labute approximate surface area is 183 Å². The maximum atomic E-state index is 12.8. The van der Waals surface area contributed by atoms with Gasteiger partial charge in [0.1, 0.15) is 11.4 Å². The van der Waals surface area contributed by atoms with Crippen molar-refractivity contribution in [3.05, 3.63) is 0 Å². The predicted octanol–water partition coefficient (Wildman–Crippen LogP) is 4.23. The van der Waals surface area contributed by atoms with Crippen LogP contribution in [0.2, 0.25) is 0 Å². The fourth-order valence-corrected chi connectivity index (χ4v) is 6.41. The van der Waals surface area contributed by atoms with Crippen LogP contribution in [0.15, 0.2) is 0 Å². The molecule has 1 saturated carbocycles. The van der Waals surface area contributed by atoms with Gasteiger partial charge < -0.3 is 19.1 Å². The SMILES string of the molecule is CO[C@@H]1C(CC(=O)CCCN2CCCC2)CC[C@]2(CO2)[C@H]1[C@@]1(C)O[C@@H]1CCC(C)C. The molecular weight excluding hydrogens is 378 g/mol. The molecule has 0 N–H and O–H groups in total. The van der Waals surface area contributed by atoms with E-state index in [0.717, 1.165) is 38.8 Å². The number of Topliss-reactive ketones (excluding diaryl/α,β-unsaturated/α-hetero) is 1. The number of nitrogens with zero attached hydrogens (tertiary/aromatic N) is 1. The Morgan fingerprint density at radius 2 is 2.00 bits per heavy atom. The largest absolute Gasteiger partial charge is 0.381 e. The Kier molecular flexibility index (Phi) is 6.94. The Balaban J connectivity index is 1.34. The molecule has 3 heterocycles. The van der Waals surface area contributed by atoms with Crippen LogP contribution in [0.3, 0.4) is 0 Å². The van der Waals surface area contributed by atoms with Crippen LogP contribution in [-0.2, 0) is 19.0 Å². The molecule has 0 aromatic heterocycles. The first kappa shape index (κ1) is 22.7. The number of epoxide rings is 2. The second-order valence-electron chi connectivity index (χ2n) is 11.0. The summed E-state index contributed by atoms with van der Waals surface area (Å²) in [6.45, 7) is 11.1. The summed E-state index contributed by atoms with van der Waals surface area (Å²) in [5, 5.41) is 0. The minimum absolute atomic E-state index is 0.0535. The lowest BCUT2D eigenvalue weighted by Crippen LogP contribution is -2.53. The van der Waals surface area contributed by atoms with E-state index in [0.29, 0.717) is 36.6 Å². The average Bonchev–Trinajstić information content (AvgIpc) is 3.55. The van der Waals surface area contributed by atoms with Gasteiger partial charge in [-0.15, -0.1) is 0 Å². The van der Waals surface area contributed by atoms with Crippen molar-refractivity contribution >= 4 is 5.78 Å². The second kappa shape index (κ2) is 9.17. The van der Waals surface area contributed by atoms with Crippen LogP contribution >= 0.6 is 0 Å². The minimum Gasteiger partial charge on any atom is -0.381 e. The summed E-state index contributed by atoms with van der Waals surface area (Å²) in [7, 11) is 1.82. The second-order valence-corrected chi connectivity index (χ2v) is 11.0. The first-order valence-electron chi connectivity index (χ1n) is 12.5. The molecule has 0 aromatic carbocycles. The van der Waals surface area contributed by atoms with Crippen LogP contribution in [0.25, 0.3) is 0 Å². The van der Waals surface area contributed by atoms with Gasteiger partial charge in [-0.1, -0.05) is 13.8 Å². The standard InChI is InChI=1S/C25H43NO4/c1-18(2)9-10-21-24(3,30-21)23-22(28-4)19(11-12-25(23)17-29-25)16-20(27)8-7-15-26-13-5-6-14-26/h18-19,21-23H,5-17H2,1-4H3/t19?,21-,22-,23-,24+,25+/m1/s1. The van der Waals surface area contributed by atoms with Gasteiger partial charge >= 0.3 is 0 Å². The third-order valence-corrected chi connectivity index (χ3v) is 8.31. The summed E-state index contributed by atoms with van der Waals surface area (Å²) in [6, 6.07) is 0. The highest BCUT2D eigenvalue weighted by Crippen LogP contribution is 2.60. The Hall–Kier alpha value is -0.490. The summed E-state index contributed by atoms with van der Waals surface area (Å²) < 4.78 is 18.5. The molecule has 1 spiro atoms. The quantitative estimate of drug-likeness (QED) is 0.468. The van der Waals surface area contributed by atoms with Gasteiger partial charge in [0.15, 0.2) is 0 Å². The summed E-state index contributed by atoms with van der Waals surface area (Å²) in [5.41, 5.74) is -0.235. The van der Waals surface area contributed by atoms with Gasteiger partial charge in [0.25, 0.3) is 0 Å². The van der Waals surface area contributed by atoms with Gasteiger partial charge in [0.2, 0.25) is 0 Å². The molecule has 5 heteroatoms. The van der Waals surface area contributed by atoms with E-state index in [4.69, 9.17) is 14.2 Å². The van der Waals surface area contributed by atoms with E-state index in [1.807, 2.05) is 7.11 Å². The smallest absolute Gasteiger partial charge is 0.133 e.